The van der Waals surface area contributed by atoms with Gasteiger partial charge < -0.3 is 39.8 Å². The number of nitrogens with two attached hydrogens (primary N) is 1. The average Bonchev–Trinajstić information content (AvgIpc) is 3.28. The van der Waals surface area contributed by atoms with E-state index in [0.29, 0.717) is 61.7 Å². The van der Waals surface area contributed by atoms with Crippen LogP contribution in [0.4, 0.5) is 0 Å². The number of esters is 1. The summed E-state index contributed by atoms with van der Waals surface area (Å²) in [7, 11) is 6.04. The van der Waals surface area contributed by atoms with Crippen LogP contribution in [0.1, 0.15) is 38.8 Å². The lowest BCUT2D eigenvalue weighted by atomic mass is 9.74. The van der Waals surface area contributed by atoms with E-state index in [4.69, 9.17) is 34.4 Å². The summed E-state index contributed by atoms with van der Waals surface area (Å²) in [6, 6.07) is 34.8. The lowest BCUT2D eigenvalue weighted by Crippen LogP contribution is -2.63. The van der Waals surface area contributed by atoms with Crippen LogP contribution in [0, 0.1) is 5.92 Å². The number of ether oxygens (including phenoxy) is 5. The monoisotopic (exact) mass is 821 g/mol. The van der Waals surface area contributed by atoms with Crippen molar-refractivity contribution in [2.24, 2.45) is 11.7 Å². The highest BCUT2D eigenvalue weighted by atomic mass is 16.5. The van der Waals surface area contributed by atoms with Crippen molar-refractivity contribution in [3.63, 3.8) is 0 Å². The summed E-state index contributed by atoms with van der Waals surface area (Å²) in [5.41, 5.74) is 7.12. The Labute approximate surface area is 353 Å². The molecule has 0 saturated carbocycles. The maximum absolute atomic E-state index is 15.3. The first-order valence-corrected chi connectivity index (χ1v) is 19.8. The van der Waals surface area contributed by atoms with Crippen LogP contribution < -0.4 is 30.0 Å². The molecule has 2 atom stereocenters. The molecule has 7 aromatic rings. The number of benzene rings is 6. The van der Waals surface area contributed by atoms with Gasteiger partial charge in [0.2, 0.25) is 11.7 Å². The molecule has 0 spiro atoms. The van der Waals surface area contributed by atoms with Gasteiger partial charge in [0, 0.05) is 29.9 Å². The van der Waals surface area contributed by atoms with Crippen molar-refractivity contribution in [2.75, 3.05) is 41.7 Å². The van der Waals surface area contributed by atoms with Crippen molar-refractivity contribution in [3.05, 3.63) is 138 Å². The molecular formula is C49H47N3O9. The number of carbonyl (C=O) groups is 3. The van der Waals surface area contributed by atoms with Crippen molar-refractivity contribution < 1.29 is 43.2 Å². The van der Waals surface area contributed by atoms with E-state index in [-0.39, 0.29) is 30.6 Å². The van der Waals surface area contributed by atoms with Gasteiger partial charge in [-0.15, -0.1) is 0 Å². The molecule has 6 aromatic carbocycles. The number of hydrogen-bond donors (Lipinski definition) is 3. The number of aliphatic hydroxyl groups is 1. The van der Waals surface area contributed by atoms with E-state index in [2.05, 4.69) is 5.32 Å². The SMILES string of the molecule is CCOC(=O)C(Cc1ccc2ccccc2c1)(NC(=O)c1cc(-c2cc(OC)c(OC)c(OC)c2)nc2ccc(OC)cc12)C(CO)Cc1ccc2ccccc2c1C(N)=O. The van der Waals surface area contributed by atoms with Crippen molar-refractivity contribution in [2.45, 2.75) is 25.3 Å². The molecule has 0 aliphatic rings. The summed E-state index contributed by atoms with van der Waals surface area (Å²) >= 11 is 0. The molecule has 0 aliphatic heterocycles. The first-order valence-electron chi connectivity index (χ1n) is 19.8. The summed E-state index contributed by atoms with van der Waals surface area (Å²) in [4.78, 5) is 48.3. The molecule has 12 nitrogen and oxygen atoms in total. The molecule has 1 aromatic heterocycles. The number of primary amides is 1. The number of nitrogens with one attached hydrogen (secondary N) is 1. The number of fused-ring (bicyclic) bond motifs is 3. The predicted molar refractivity (Wildman–Crippen MR) is 235 cm³/mol. The first-order chi connectivity index (χ1) is 29.6. The van der Waals surface area contributed by atoms with Crippen molar-refractivity contribution in [3.8, 4) is 34.3 Å². The Morgan fingerprint density at radius 2 is 1.44 bits per heavy atom. The van der Waals surface area contributed by atoms with Crippen molar-refractivity contribution >= 4 is 50.2 Å². The molecule has 0 aliphatic carbocycles. The molecule has 2 unspecified atom stereocenters. The summed E-state index contributed by atoms with van der Waals surface area (Å²) in [6.45, 7) is 1.07. The molecule has 1 heterocycles. The second-order valence-corrected chi connectivity index (χ2v) is 14.6. The van der Waals surface area contributed by atoms with Crippen LogP contribution in [-0.4, -0.2) is 75.1 Å². The van der Waals surface area contributed by atoms with E-state index in [1.807, 2.05) is 66.7 Å². The Bertz CT molecular complexity index is 2760. The number of amides is 2. The second-order valence-electron chi connectivity index (χ2n) is 14.6. The third-order valence-corrected chi connectivity index (χ3v) is 11.1. The standard InChI is InChI=1S/C49H47N3O9/c1-6-61-48(56)49(27-29-15-16-30-11-7-8-13-32(30)21-29,35(28-53)22-33-18-17-31-12-9-10-14-37(31)44(33)46(50)54)52-47(55)39-26-41(51-40-20-19-36(57-2)25-38(39)40)34-23-42(58-3)45(60-5)43(24-34)59-4/h7-21,23-26,35,53H,6,22,27-28H2,1-5H3,(H2,50,54)(H,52,55). The van der Waals surface area contributed by atoms with Crippen LogP contribution in [0.5, 0.6) is 23.0 Å². The first kappa shape index (κ1) is 42.0. The van der Waals surface area contributed by atoms with Crippen LogP contribution >= 0.6 is 0 Å². The fourth-order valence-corrected chi connectivity index (χ4v) is 8.12. The van der Waals surface area contributed by atoms with Crippen LogP contribution in [0.2, 0.25) is 0 Å². The molecule has 0 fully saturated rings. The van der Waals surface area contributed by atoms with Gasteiger partial charge in [-0.1, -0.05) is 78.9 Å². The van der Waals surface area contributed by atoms with E-state index >= 15 is 4.79 Å². The maximum atomic E-state index is 15.3. The number of pyridine rings is 1. The number of aliphatic hydroxyl groups excluding tert-OH is 1. The zero-order valence-electron chi connectivity index (χ0n) is 34.6. The smallest absolute Gasteiger partial charge is 0.332 e. The number of methoxy groups -OCH3 is 4. The number of aromatic nitrogens is 1. The fraction of sp³-hybridized carbons (Fsp3) is 0.224. The summed E-state index contributed by atoms with van der Waals surface area (Å²) in [5.74, 6) is -1.52. The van der Waals surface area contributed by atoms with Gasteiger partial charge in [-0.05, 0) is 82.4 Å². The van der Waals surface area contributed by atoms with Gasteiger partial charge in [0.1, 0.15) is 11.3 Å². The molecule has 0 bridgehead atoms. The van der Waals surface area contributed by atoms with Crippen LogP contribution in [-0.2, 0) is 22.4 Å². The summed E-state index contributed by atoms with van der Waals surface area (Å²) < 4.78 is 28.2. The van der Waals surface area contributed by atoms with E-state index in [9.17, 15) is 14.7 Å². The average molecular weight is 822 g/mol. The van der Waals surface area contributed by atoms with E-state index in [1.54, 1.807) is 55.5 Å². The Hall–Kier alpha value is -7.18. The zero-order chi connectivity index (χ0) is 43.3. The van der Waals surface area contributed by atoms with Crippen LogP contribution in [0.25, 0.3) is 43.7 Å². The molecule has 61 heavy (non-hydrogen) atoms. The molecule has 4 N–H and O–H groups in total. The Morgan fingerprint density at radius 1 is 0.754 bits per heavy atom. The van der Waals surface area contributed by atoms with Gasteiger partial charge >= 0.3 is 5.97 Å². The summed E-state index contributed by atoms with van der Waals surface area (Å²) in [5, 5.41) is 18.3. The highest BCUT2D eigenvalue weighted by Crippen LogP contribution is 2.42. The molecule has 12 heteroatoms. The van der Waals surface area contributed by atoms with Crippen molar-refractivity contribution in [1.29, 1.82) is 0 Å². The Kier molecular flexibility index (Phi) is 12.4. The van der Waals surface area contributed by atoms with Crippen molar-refractivity contribution in [1.82, 2.24) is 10.3 Å². The minimum absolute atomic E-state index is 0.0183. The molecule has 0 radical (unpaired) electrons. The maximum Gasteiger partial charge on any atom is 0.332 e. The minimum atomic E-state index is -1.91. The fourth-order valence-electron chi connectivity index (χ4n) is 8.12. The molecular weight excluding hydrogens is 775 g/mol. The highest BCUT2D eigenvalue weighted by molar-refractivity contribution is 6.10. The minimum Gasteiger partial charge on any atom is -0.497 e. The topological polar surface area (TPSA) is 169 Å². The van der Waals surface area contributed by atoms with E-state index in [1.165, 1.54) is 28.4 Å². The molecule has 7 rings (SSSR count). The van der Waals surface area contributed by atoms with Crippen LogP contribution in [0.15, 0.2) is 115 Å². The van der Waals surface area contributed by atoms with Gasteiger partial charge in [0.25, 0.3) is 5.91 Å². The quantitative estimate of drug-likeness (QED) is 0.0832. The number of hydrogen-bond acceptors (Lipinski definition) is 10. The van der Waals surface area contributed by atoms with E-state index < -0.39 is 35.8 Å². The van der Waals surface area contributed by atoms with Gasteiger partial charge in [-0.25, -0.2) is 9.78 Å². The van der Waals surface area contributed by atoms with Crippen LogP contribution in [0.3, 0.4) is 0 Å². The molecule has 2 amide bonds. The summed E-state index contributed by atoms with van der Waals surface area (Å²) in [6.07, 6.45) is -0.118. The largest absolute Gasteiger partial charge is 0.497 e. The number of carbonyl (C=O) groups excluding carboxylic acids is 3. The lowest BCUT2D eigenvalue weighted by Gasteiger charge is -2.39. The second kappa shape index (κ2) is 18.0. The lowest BCUT2D eigenvalue weighted by molar-refractivity contribution is -0.154. The molecule has 312 valence electrons. The third-order valence-electron chi connectivity index (χ3n) is 11.1. The highest BCUT2D eigenvalue weighted by Gasteiger charge is 2.49. The Balaban J connectivity index is 1.44. The van der Waals surface area contributed by atoms with E-state index in [0.717, 1.165) is 16.2 Å². The zero-order valence-corrected chi connectivity index (χ0v) is 34.6. The predicted octanol–water partition coefficient (Wildman–Crippen LogP) is 7.47. The van der Waals surface area contributed by atoms with Gasteiger partial charge in [-0.3, -0.25) is 9.59 Å². The normalized spacial score (nSPS) is 12.7. The number of nitrogens with zero attached hydrogens (tertiary/aromatic N) is 1. The number of rotatable bonds is 16. The Morgan fingerprint density at radius 3 is 2.10 bits per heavy atom. The van der Waals surface area contributed by atoms with Gasteiger partial charge in [0.05, 0.1) is 57.4 Å². The molecule has 0 saturated heterocycles. The van der Waals surface area contributed by atoms with Gasteiger partial charge in [-0.2, -0.15) is 0 Å². The third kappa shape index (κ3) is 8.22. The van der Waals surface area contributed by atoms with Gasteiger partial charge in [0.15, 0.2) is 11.5 Å².